The van der Waals surface area contributed by atoms with Crippen LogP contribution in [0.4, 0.5) is 5.69 Å². The van der Waals surface area contributed by atoms with Crippen molar-refractivity contribution in [2.75, 3.05) is 4.90 Å². The van der Waals surface area contributed by atoms with Crippen LogP contribution in [0.25, 0.3) is 27.8 Å². The summed E-state index contributed by atoms with van der Waals surface area (Å²) in [7, 11) is 0. The number of hydrogen-bond donors (Lipinski definition) is 1. The minimum Gasteiger partial charge on any atom is -0.347 e. The van der Waals surface area contributed by atoms with E-state index in [4.69, 9.17) is 12.2 Å². The quantitative estimate of drug-likeness (QED) is 0.295. The molecule has 31 heavy (non-hydrogen) atoms. The average molecular weight is 426 g/mol. The number of hydrogen-bond acceptors (Lipinski definition) is 3. The third-order valence-electron chi connectivity index (χ3n) is 5.57. The average Bonchev–Trinajstić information content (AvgIpc) is 3.14. The highest BCUT2D eigenvalue weighted by molar-refractivity contribution is 7.80. The van der Waals surface area contributed by atoms with Crippen molar-refractivity contribution in [2.24, 2.45) is 0 Å². The maximum atomic E-state index is 13.5. The molecular formula is C25H19N3O2S. The summed E-state index contributed by atoms with van der Waals surface area (Å²) in [6, 6.07) is 21.4. The van der Waals surface area contributed by atoms with Gasteiger partial charge in [-0.05, 0) is 42.7 Å². The van der Waals surface area contributed by atoms with E-state index in [0.717, 1.165) is 33.8 Å². The molecule has 0 saturated carbocycles. The molecule has 1 aliphatic rings. The summed E-state index contributed by atoms with van der Waals surface area (Å²) in [6.45, 7) is 2.85. The fourth-order valence-corrected chi connectivity index (χ4v) is 4.36. The number of anilines is 1. The Labute approximate surface area is 184 Å². The number of nitrogens with zero attached hydrogens (tertiary/aromatic N) is 2. The second-order valence-electron chi connectivity index (χ2n) is 7.34. The zero-order valence-electron chi connectivity index (χ0n) is 16.8. The number of rotatable bonds is 3. The summed E-state index contributed by atoms with van der Waals surface area (Å²) in [6.07, 6.45) is 3.62. The van der Waals surface area contributed by atoms with Crippen LogP contribution in [0, 0.1) is 0 Å². The van der Waals surface area contributed by atoms with Crippen LogP contribution in [0.3, 0.4) is 0 Å². The molecule has 152 valence electrons. The van der Waals surface area contributed by atoms with Crippen LogP contribution in [-0.4, -0.2) is 21.5 Å². The summed E-state index contributed by atoms with van der Waals surface area (Å²) >= 11 is 5.39. The zero-order valence-corrected chi connectivity index (χ0v) is 17.6. The van der Waals surface area contributed by atoms with Crippen molar-refractivity contribution in [1.82, 2.24) is 9.88 Å². The summed E-state index contributed by atoms with van der Waals surface area (Å²) in [4.78, 5) is 27.7. The Hall–Kier alpha value is -3.77. The van der Waals surface area contributed by atoms with E-state index in [1.807, 2.05) is 72.9 Å². The van der Waals surface area contributed by atoms with Crippen LogP contribution in [0.1, 0.15) is 12.5 Å². The molecule has 0 spiro atoms. The molecule has 1 N–H and O–H groups in total. The first-order valence-electron chi connectivity index (χ1n) is 10.1. The normalized spacial score (nSPS) is 15.8. The molecule has 0 atom stereocenters. The largest absolute Gasteiger partial charge is 0.347 e. The molecule has 5 rings (SSSR count). The van der Waals surface area contributed by atoms with Crippen LogP contribution in [-0.2, 0) is 16.1 Å². The molecular weight excluding hydrogens is 406 g/mol. The molecule has 0 unspecified atom stereocenters. The van der Waals surface area contributed by atoms with Crippen molar-refractivity contribution in [3.63, 3.8) is 0 Å². The Morgan fingerprint density at radius 2 is 1.65 bits per heavy atom. The number of aromatic nitrogens is 1. The van der Waals surface area contributed by atoms with Crippen molar-refractivity contribution in [2.45, 2.75) is 13.5 Å². The van der Waals surface area contributed by atoms with Gasteiger partial charge >= 0.3 is 0 Å². The van der Waals surface area contributed by atoms with Crippen molar-refractivity contribution >= 4 is 62.6 Å². The van der Waals surface area contributed by atoms with Gasteiger partial charge in [0.05, 0.1) is 5.69 Å². The molecule has 2 heterocycles. The Kier molecular flexibility index (Phi) is 4.64. The van der Waals surface area contributed by atoms with Gasteiger partial charge in [0.2, 0.25) is 0 Å². The molecule has 4 aromatic rings. The van der Waals surface area contributed by atoms with Gasteiger partial charge in [-0.3, -0.25) is 19.8 Å². The predicted octanol–water partition coefficient (Wildman–Crippen LogP) is 4.65. The maximum Gasteiger partial charge on any atom is 0.270 e. The molecule has 6 heteroatoms. The first kappa shape index (κ1) is 19.2. The van der Waals surface area contributed by atoms with Crippen LogP contribution in [0.15, 0.2) is 78.5 Å². The van der Waals surface area contributed by atoms with Gasteiger partial charge in [0, 0.05) is 34.6 Å². The van der Waals surface area contributed by atoms with E-state index in [2.05, 4.69) is 16.8 Å². The minimum atomic E-state index is -0.486. The lowest BCUT2D eigenvalue weighted by molar-refractivity contribution is -0.122. The van der Waals surface area contributed by atoms with Gasteiger partial charge in [0.25, 0.3) is 11.8 Å². The lowest BCUT2D eigenvalue weighted by Crippen LogP contribution is -2.54. The van der Waals surface area contributed by atoms with E-state index in [0.29, 0.717) is 5.69 Å². The zero-order chi connectivity index (χ0) is 21.5. The topological polar surface area (TPSA) is 54.3 Å². The first-order valence-corrected chi connectivity index (χ1v) is 10.5. The van der Waals surface area contributed by atoms with Crippen LogP contribution >= 0.6 is 12.2 Å². The standard InChI is InChI=1S/C25H19N3O2S/c1-2-27-15-17(19-11-5-6-12-21(19)27)14-20-23(29)26-25(31)28(24(20)30)22-13-7-9-16-8-3-4-10-18(16)22/h3-15H,2H2,1H3,(H,26,29,31). The summed E-state index contributed by atoms with van der Waals surface area (Å²) in [5.74, 6) is -0.918. The number of aryl methyl sites for hydroxylation is 1. The highest BCUT2D eigenvalue weighted by atomic mass is 32.1. The fourth-order valence-electron chi connectivity index (χ4n) is 4.09. The lowest BCUT2D eigenvalue weighted by Gasteiger charge is -2.29. The van der Waals surface area contributed by atoms with Gasteiger partial charge in [0.15, 0.2) is 5.11 Å². The Morgan fingerprint density at radius 3 is 2.45 bits per heavy atom. The van der Waals surface area contributed by atoms with Crippen LogP contribution < -0.4 is 10.2 Å². The smallest absolute Gasteiger partial charge is 0.270 e. The number of fused-ring (bicyclic) bond motifs is 2. The SMILES string of the molecule is CCn1cc(C=C2C(=O)NC(=S)N(c3cccc4ccccc34)C2=O)c2ccccc21. The van der Waals surface area contributed by atoms with Crippen molar-refractivity contribution in [3.8, 4) is 0 Å². The summed E-state index contributed by atoms with van der Waals surface area (Å²) < 4.78 is 2.10. The van der Waals surface area contributed by atoms with Crippen molar-refractivity contribution in [3.05, 3.63) is 84.1 Å². The highest BCUT2D eigenvalue weighted by Gasteiger charge is 2.35. The molecule has 0 aliphatic carbocycles. The second-order valence-corrected chi connectivity index (χ2v) is 7.73. The number of benzene rings is 3. The number of nitrogens with one attached hydrogen (secondary N) is 1. The fraction of sp³-hybridized carbons (Fsp3) is 0.0800. The molecule has 3 aromatic carbocycles. The number of carbonyl (C=O) groups excluding carboxylic acids is 2. The highest BCUT2D eigenvalue weighted by Crippen LogP contribution is 2.31. The van der Waals surface area contributed by atoms with Crippen molar-refractivity contribution in [1.29, 1.82) is 0 Å². The van der Waals surface area contributed by atoms with Gasteiger partial charge < -0.3 is 4.57 Å². The minimum absolute atomic E-state index is 0.0561. The molecule has 2 amide bonds. The monoisotopic (exact) mass is 425 g/mol. The van der Waals surface area contributed by atoms with E-state index in [9.17, 15) is 9.59 Å². The van der Waals surface area contributed by atoms with Gasteiger partial charge in [-0.1, -0.05) is 54.6 Å². The van der Waals surface area contributed by atoms with Gasteiger partial charge in [-0.25, -0.2) is 0 Å². The van der Waals surface area contributed by atoms with Crippen LogP contribution in [0.5, 0.6) is 0 Å². The van der Waals surface area contributed by atoms with E-state index in [-0.39, 0.29) is 10.7 Å². The Morgan fingerprint density at radius 1 is 0.935 bits per heavy atom. The van der Waals surface area contributed by atoms with E-state index >= 15 is 0 Å². The third-order valence-corrected chi connectivity index (χ3v) is 5.85. The molecule has 0 radical (unpaired) electrons. The third kappa shape index (κ3) is 3.12. The maximum absolute atomic E-state index is 13.5. The molecule has 1 fully saturated rings. The summed E-state index contributed by atoms with van der Waals surface area (Å²) in [5.41, 5.74) is 2.58. The summed E-state index contributed by atoms with van der Waals surface area (Å²) in [5, 5.41) is 5.63. The predicted molar refractivity (Wildman–Crippen MR) is 128 cm³/mol. The number of amides is 2. The van der Waals surface area contributed by atoms with Crippen molar-refractivity contribution < 1.29 is 9.59 Å². The van der Waals surface area contributed by atoms with Gasteiger partial charge in [0.1, 0.15) is 5.57 Å². The second kappa shape index (κ2) is 7.49. The number of para-hydroxylation sites is 1. The number of carbonyl (C=O) groups is 2. The van der Waals surface area contributed by atoms with E-state index in [1.165, 1.54) is 4.90 Å². The molecule has 5 nitrogen and oxygen atoms in total. The van der Waals surface area contributed by atoms with Crippen LogP contribution in [0.2, 0.25) is 0 Å². The van der Waals surface area contributed by atoms with E-state index < -0.39 is 11.8 Å². The number of thiocarbonyl (C=S) groups is 1. The van der Waals surface area contributed by atoms with Gasteiger partial charge in [-0.2, -0.15) is 0 Å². The lowest BCUT2D eigenvalue weighted by atomic mass is 10.0. The van der Waals surface area contributed by atoms with E-state index in [1.54, 1.807) is 6.08 Å². The van der Waals surface area contributed by atoms with Gasteiger partial charge in [-0.15, -0.1) is 0 Å². The Bertz CT molecular complexity index is 1410. The first-order chi connectivity index (χ1) is 15.1. The molecule has 0 bridgehead atoms. The molecule has 1 saturated heterocycles. The molecule has 1 aromatic heterocycles. The Balaban J connectivity index is 1.65. The molecule has 1 aliphatic heterocycles.